The molecule has 2 aromatic rings. The Morgan fingerprint density at radius 2 is 1.64 bits per heavy atom. The molecular formula is C22H24FN3O2. The molecule has 2 aromatic carbocycles. The molecule has 0 unspecified atom stereocenters. The summed E-state index contributed by atoms with van der Waals surface area (Å²) in [7, 11) is 0. The zero-order valence-electron chi connectivity index (χ0n) is 16.2. The van der Waals surface area contributed by atoms with E-state index in [9.17, 15) is 14.0 Å². The Balaban J connectivity index is 1.47. The lowest BCUT2D eigenvalue weighted by Crippen LogP contribution is -2.52. The molecule has 5 nitrogen and oxygen atoms in total. The predicted molar refractivity (Wildman–Crippen MR) is 107 cm³/mol. The highest BCUT2D eigenvalue weighted by Crippen LogP contribution is 2.30. The molecule has 1 atom stereocenters. The number of anilines is 2. The van der Waals surface area contributed by atoms with Crippen LogP contribution >= 0.6 is 0 Å². The van der Waals surface area contributed by atoms with Crippen molar-refractivity contribution < 1.29 is 14.0 Å². The van der Waals surface area contributed by atoms with Crippen molar-refractivity contribution in [1.29, 1.82) is 0 Å². The lowest BCUT2D eigenvalue weighted by molar-refractivity contribution is -0.123. The van der Waals surface area contributed by atoms with Crippen LogP contribution in [0.25, 0.3) is 0 Å². The number of imide groups is 1. The second-order valence-electron chi connectivity index (χ2n) is 7.55. The Morgan fingerprint density at radius 1 is 0.929 bits per heavy atom. The Hall–Kier alpha value is -2.73. The standard InChI is InChI=1S/C22H24FN3O2/c1-15-7-8-18(16(2)13-15)26-21(27)14-20(22(26)28)25-11-9-24(10-12-25)19-6-4-3-5-17(19)23/h3-8,13,20H,9-12,14H2,1-2H3/t20-/m1/s1. The van der Waals surface area contributed by atoms with Crippen LogP contribution in [0.5, 0.6) is 0 Å². The zero-order valence-corrected chi connectivity index (χ0v) is 16.2. The van der Waals surface area contributed by atoms with E-state index in [0.29, 0.717) is 37.6 Å². The van der Waals surface area contributed by atoms with Crippen LogP contribution in [-0.4, -0.2) is 48.9 Å². The number of nitrogens with zero attached hydrogens (tertiary/aromatic N) is 3. The quantitative estimate of drug-likeness (QED) is 0.767. The molecule has 2 aliphatic heterocycles. The summed E-state index contributed by atoms with van der Waals surface area (Å²) in [5, 5.41) is 0. The molecule has 2 heterocycles. The van der Waals surface area contributed by atoms with E-state index in [1.807, 2.05) is 43.0 Å². The van der Waals surface area contributed by atoms with E-state index in [1.165, 1.54) is 11.0 Å². The third-order valence-electron chi connectivity index (χ3n) is 5.66. The van der Waals surface area contributed by atoms with Crippen LogP contribution in [0.1, 0.15) is 17.5 Å². The highest BCUT2D eigenvalue weighted by Gasteiger charge is 2.43. The number of amides is 2. The maximum absolute atomic E-state index is 14.0. The number of carbonyl (C=O) groups excluding carboxylic acids is 2. The number of piperazine rings is 1. The van der Waals surface area contributed by atoms with Crippen molar-refractivity contribution in [2.24, 2.45) is 0 Å². The van der Waals surface area contributed by atoms with Crippen LogP contribution in [0, 0.1) is 19.7 Å². The van der Waals surface area contributed by atoms with Gasteiger partial charge in [0.15, 0.2) is 0 Å². The highest BCUT2D eigenvalue weighted by molar-refractivity contribution is 6.22. The Morgan fingerprint density at radius 3 is 2.32 bits per heavy atom. The van der Waals surface area contributed by atoms with Gasteiger partial charge in [-0.05, 0) is 37.6 Å². The monoisotopic (exact) mass is 381 g/mol. The lowest BCUT2D eigenvalue weighted by Gasteiger charge is -2.38. The van der Waals surface area contributed by atoms with Crippen molar-refractivity contribution in [2.45, 2.75) is 26.3 Å². The molecule has 2 aliphatic rings. The summed E-state index contributed by atoms with van der Waals surface area (Å²) in [6.45, 7) is 6.41. The molecule has 28 heavy (non-hydrogen) atoms. The Bertz CT molecular complexity index is 922. The van der Waals surface area contributed by atoms with E-state index < -0.39 is 6.04 Å². The maximum atomic E-state index is 14.0. The summed E-state index contributed by atoms with van der Waals surface area (Å²) in [5.74, 6) is -0.543. The molecule has 2 amide bonds. The van der Waals surface area contributed by atoms with Gasteiger partial charge in [0.25, 0.3) is 5.91 Å². The van der Waals surface area contributed by atoms with E-state index in [4.69, 9.17) is 0 Å². The summed E-state index contributed by atoms with van der Waals surface area (Å²) in [4.78, 5) is 31.1. The molecular weight excluding hydrogens is 357 g/mol. The van der Waals surface area contributed by atoms with E-state index in [2.05, 4.69) is 4.90 Å². The van der Waals surface area contributed by atoms with Crippen molar-refractivity contribution in [1.82, 2.24) is 4.90 Å². The fourth-order valence-electron chi connectivity index (χ4n) is 4.19. The minimum absolute atomic E-state index is 0.154. The number of para-hydroxylation sites is 1. The number of hydrogen-bond acceptors (Lipinski definition) is 4. The maximum Gasteiger partial charge on any atom is 0.251 e. The van der Waals surface area contributed by atoms with Gasteiger partial charge in [-0.15, -0.1) is 0 Å². The van der Waals surface area contributed by atoms with Gasteiger partial charge in [-0.2, -0.15) is 0 Å². The number of carbonyl (C=O) groups is 2. The second kappa shape index (κ2) is 7.36. The first-order valence-electron chi connectivity index (χ1n) is 9.63. The lowest BCUT2D eigenvalue weighted by atomic mass is 10.1. The first-order chi connectivity index (χ1) is 13.5. The molecule has 0 spiro atoms. The normalized spacial score (nSPS) is 20.9. The first-order valence-corrected chi connectivity index (χ1v) is 9.63. The number of benzene rings is 2. The van der Waals surface area contributed by atoms with E-state index in [1.54, 1.807) is 12.1 Å². The van der Waals surface area contributed by atoms with Gasteiger partial charge in [-0.25, -0.2) is 9.29 Å². The molecule has 0 aromatic heterocycles. The van der Waals surface area contributed by atoms with Crippen LogP contribution in [0.4, 0.5) is 15.8 Å². The van der Waals surface area contributed by atoms with Crippen LogP contribution in [0.3, 0.4) is 0 Å². The molecule has 4 rings (SSSR count). The van der Waals surface area contributed by atoms with Crippen molar-refractivity contribution in [3.8, 4) is 0 Å². The van der Waals surface area contributed by atoms with Crippen LogP contribution in [0.15, 0.2) is 42.5 Å². The summed E-state index contributed by atoms with van der Waals surface area (Å²) in [6.07, 6.45) is 0.200. The SMILES string of the molecule is Cc1ccc(N2C(=O)C[C@@H](N3CCN(c4ccccc4F)CC3)C2=O)c(C)c1. The number of halogens is 1. The molecule has 6 heteroatoms. The van der Waals surface area contributed by atoms with Crippen molar-refractivity contribution in [3.05, 3.63) is 59.4 Å². The topological polar surface area (TPSA) is 43.9 Å². The predicted octanol–water partition coefficient (Wildman–Crippen LogP) is 2.90. The smallest absolute Gasteiger partial charge is 0.251 e. The molecule has 0 radical (unpaired) electrons. The Kier molecular flexibility index (Phi) is 4.89. The molecule has 0 bridgehead atoms. The summed E-state index contributed by atoms with van der Waals surface area (Å²) in [6, 6.07) is 12.1. The summed E-state index contributed by atoms with van der Waals surface area (Å²) in [5.41, 5.74) is 3.29. The molecule has 0 saturated carbocycles. The van der Waals surface area contributed by atoms with Crippen molar-refractivity contribution in [3.63, 3.8) is 0 Å². The minimum atomic E-state index is -0.434. The van der Waals surface area contributed by atoms with Crippen molar-refractivity contribution >= 4 is 23.2 Å². The molecule has 0 aliphatic carbocycles. The van der Waals surface area contributed by atoms with Gasteiger partial charge in [0.05, 0.1) is 23.8 Å². The van der Waals surface area contributed by atoms with Gasteiger partial charge < -0.3 is 4.90 Å². The fraction of sp³-hybridized carbons (Fsp3) is 0.364. The summed E-state index contributed by atoms with van der Waals surface area (Å²) >= 11 is 0. The minimum Gasteiger partial charge on any atom is -0.367 e. The van der Waals surface area contributed by atoms with Gasteiger partial charge >= 0.3 is 0 Å². The number of rotatable bonds is 3. The van der Waals surface area contributed by atoms with Gasteiger partial charge in [-0.1, -0.05) is 29.8 Å². The first kappa shape index (κ1) is 18.6. The van der Waals surface area contributed by atoms with Gasteiger partial charge in [0.1, 0.15) is 5.82 Å². The van der Waals surface area contributed by atoms with E-state index in [0.717, 1.165) is 11.1 Å². The van der Waals surface area contributed by atoms with E-state index in [-0.39, 0.29) is 24.1 Å². The molecule has 2 saturated heterocycles. The number of hydrogen-bond donors (Lipinski definition) is 0. The second-order valence-corrected chi connectivity index (χ2v) is 7.55. The molecule has 0 N–H and O–H groups in total. The average molecular weight is 381 g/mol. The average Bonchev–Trinajstić information content (AvgIpc) is 2.97. The van der Waals surface area contributed by atoms with Crippen molar-refractivity contribution in [2.75, 3.05) is 36.0 Å². The van der Waals surface area contributed by atoms with Crippen LogP contribution < -0.4 is 9.80 Å². The number of aryl methyl sites for hydroxylation is 2. The van der Waals surface area contributed by atoms with Gasteiger partial charge in [-0.3, -0.25) is 14.5 Å². The van der Waals surface area contributed by atoms with Crippen LogP contribution in [-0.2, 0) is 9.59 Å². The third kappa shape index (κ3) is 3.29. The zero-order chi connectivity index (χ0) is 19.8. The van der Waals surface area contributed by atoms with Crippen LogP contribution in [0.2, 0.25) is 0 Å². The Labute approximate surface area is 164 Å². The van der Waals surface area contributed by atoms with Gasteiger partial charge in [0.2, 0.25) is 5.91 Å². The highest BCUT2D eigenvalue weighted by atomic mass is 19.1. The van der Waals surface area contributed by atoms with E-state index >= 15 is 0 Å². The largest absolute Gasteiger partial charge is 0.367 e. The molecule has 146 valence electrons. The fourth-order valence-corrected chi connectivity index (χ4v) is 4.19. The molecule has 2 fully saturated rings. The summed E-state index contributed by atoms with van der Waals surface area (Å²) < 4.78 is 14.0. The third-order valence-corrected chi connectivity index (χ3v) is 5.66. The van der Waals surface area contributed by atoms with Gasteiger partial charge in [0, 0.05) is 26.2 Å².